The number of ether oxygens (including phenoxy) is 2. The van der Waals surface area contributed by atoms with Crippen LogP contribution in [0.1, 0.15) is 28.4 Å². The molecule has 4 aromatic carbocycles. The summed E-state index contributed by atoms with van der Waals surface area (Å²) < 4.78 is 10.7. The van der Waals surface area contributed by atoms with Crippen molar-refractivity contribution in [2.45, 2.75) is 24.0 Å². The van der Waals surface area contributed by atoms with Crippen LogP contribution in [0.25, 0.3) is 6.08 Å². The standard InChI is InChI=1S/C34H33N3O5S/c1-22-10-8-9-13-29(22)36-32(38)23(2)43-28-18-15-26(16-19-28)35-34(40)30(37-33(39)24-11-6-5-7-12-24)20-25-14-17-27(41-3)21-31(25)42-4/h5-21,23H,1-4H3,(H,35,40)(H,36,38)(H,37,39)/b30-20-. The van der Waals surface area contributed by atoms with Gasteiger partial charge in [0.25, 0.3) is 11.8 Å². The first kappa shape index (κ1) is 30.9. The second-order valence-corrected chi connectivity index (χ2v) is 10.9. The quantitative estimate of drug-likeness (QED) is 0.134. The average Bonchev–Trinajstić information content (AvgIpc) is 3.03. The van der Waals surface area contributed by atoms with Gasteiger partial charge in [-0.05, 0) is 80.1 Å². The molecule has 0 fully saturated rings. The maximum Gasteiger partial charge on any atom is 0.272 e. The second kappa shape index (κ2) is 14.7. The number of hydrogen-bond acceptors (Lipinski definition) is 6. The summed E-state index contributed by atoms with van der Waals surface area (Å²) in [6, 6.07) is 28.6. The fraction of sp³-hybridized carbons (Fsp3) is 0.147. The van der Waals surface area contributed by atoms with E-state index in [-0.39, 0.29) is 16.9 Å². The molecule has 4 aromatic rings. The number of benzene rings is 4. The zero-order valence-corrected chi connectivity index (χ0v) is 25.2. The van der Waals surface area contributed by atoms with Crippen LogP contribution < -0.4 is 25.4 Å². The maximum absolute atomic E-state index is 13.4. The number of aryl methyl sites for hydroxylation is 1. The molecule has 0 aliphatic heterocycles. The zero-order chi connectivity index (χ0) is 30.8. The van der Waals surface area contributed by atoms with Crippen molar-refractivity contribution < 1.29 is 23.9 Å². The number of amides is 3. The van der Waals surface area contributed by atoms with Crippen LogP contribution in [0.5, 0.6) is 11.5 Å². The Morgan fingerprint density at radius 1 is 0.814 bits per heavy atom. The first-order chi connectivity index (χ1) is 20.8. The minimum absolute atomic E-state index is 0.0253. The third kappa shape index (κ3) is 8.50. The van der Waals surface area contributed by atoms with Crippen LogP contribution in [0.4, 0.5) is 11.4 Å². The summed E-state index contributed by atoms with van der Waals surface area (Å²) in [4.78, 5) is 40.0. The van der Waals surface area contributed by atoms with Crippen LogP contribution in [0.15, 0.2) is 108 Å². The number of carbonyl (C=O) groups excluding carboxylic acids is 3. The number of anilines is 2. The number of thioether (sulfide) groups is 1. The van der Waals surface area contributed by atoms with Gasteiger partial charge in [0.2, 0.25) is 5.91 Å². The monoisotopic (exact) mass is 595 g/mol. The molecule has 0 saturated heterocycles. The molecule has 1 atom stereocenters. The first-order valence-corrected chi connectivity index (χ1v) is 14.4. The van der Waals surface area contributed by atoms with Gasteiger partial charge in [-0.2, -0.15) is 0 Å². The van der Waals surface area contributed by atoms with E-state index in [0.717, 1.165) is 16.1 Å². The molecule has 9 heteroatoms. The predicted molar refractivity (Wildman–Crippen MR) is 172 cm³/mol. The Bertz CT molecular complexity index is 1620. The highest BCUT2D eigenvalue weighted by Crippen LogP contribution is 2.28. The molecule has 0 aliphatic rings. The van der Waals surface area contributed by atoms with Gasteiger partial charge in [-0.25, -0.2) is 0 Å². The molecular weight excluding hydrogens is 562 g/mol. The number of carbonyl (C=O) groups is 3. The molecule has 1 unspecified atom stereocenters. The van der Waals surface area contributed by atoms with Crippen molar-refractivity contribution in [3.8, 4) is 11.5 Å². The summed E-state index contributed by atoms with van der Waals surface area (Å²) in [6.07, 6.45) is 1.55. The number of methoxy groups -OCH3 is 2. The predicted octanol–water partition coefficient (Wildman–Crippen LogP) is 6.54. The lowest BCUT2D eigenvalue weighted by Crippen LogP contribution is -2.30. The molecule has 0 aromatic heterocycles. The van der Waals surface area contributed by atoms with E-state index in [0.29, 0.717) is 28.3 Å². The molecule has 0 saturated carbocycles. The molecule has 0 aliphatic carbocycles. The van der Waals surface area contributed by atoms with Gasteiger partial charge < -0.3 is 25.4 Å². The lowest BCUT2D eigenvalue weighted by atomic mass is 10.1. The molecule has 43 heavy (non-hydrogen) atoms. The Kier molecular flexibility index (Phi) is 10.6. The molecule has 3 amide bonds. The average molecular weight is 596 g/mol. The molecule has 0 heterocycles. The molecule has 220 valence electrons. The summed E-state index contributed by atoms with van der Waals surface area (Å²) in [5.74, 6) is 0.0103. The van der Waals surface area contributed by atoms with E-state index in [1.54, 1.807) is 67.8 Å². The fourth-order valence-corrected chi connectivity index (χ4v) is 4.92. The Morgan fingerprint density at radius 3 is 2.19 bits per heavy atom. The SMILES string of the molecule is COc1ccc(/C=C(\NC(=O)c2ccccc2)C(=O)Nc2ccc(SC(C)C(=O)Nc3ccccc3C)cc2)c(OC)c1. The third-order valence-corrected chi connectivity index (χ3v) is 7.58. The summed E-state index contributed by atoms with van der Waals surface area (Å²) in [5.41, 5.74) is 3.31. The van der Waals surface area contributed by atoms with Crippen molar-refractivity contribution in [1.29, 1.82) is 0 Å². The van der Waals surface area contributed by atoms with E-state index < -0.39 is 11.8 Å². The summed E-state index contributed by atoms with van der Waals surface area (Å²) in [7, 11) is 3.06. The lowest BCUT2D eigenvalue weighted by molar-refractivity contribution is -0.115. The van der Waals surface area contributed by atoms with Gasteiger partial charge in [0.1, 0.15) is 17.2 Å². The zero-order valence-electron chi connectivity index (χ0n) is 24.3. The number of rotatable bonds is 11. The van der Waals surface area contributed by atoms with Crippen molar-refractivity contribution in [3.05, 3.63) is 119 Å². The molecule has 0 radical (unpaired) electrons. The van der Waals surface area contributed by atoms with Crippen LogP contribution in [0.3, 0.4) is 0 Å². The van der Waals surface area contributed by atoms with Gasteiger partial charge in [0.15, 0.2) is 0 Å². The molecule has 4 rings (SSSR count). The van der Waals surface area contributed by atoms with Crippen LogP contribution >= 0.6 is 11.8 Å². The molecule has 8 nitrogen and oxygen atoms in total. The third-order valence-electron chi connectivity index (χ3n) is 6.47. The summed E-state index contributed by atoms with van der Waals surface area (Å²) >= 11 is 1.41. The smallest absolute Gasteiger partial charge is 0.272 e. The van der Waals surface area contributed by atoms with Gasteiger partial charge in [-0.3, -0.25) is 14.4 Å². The van der Waals surface area contributed by atoms with Gasteiger partial charge >= 0.3 is 0 Å². The molecule has 3 N–H and O–H groups in total. The molecule has 0 bridgehead atoms. The van der Waals surface area contributed by atoms with E-state index in [2.05, 4.69) is 16.0 Å². The Morgan fingerprint density at radius 2 is 1.51 bits per heavy atom. The van der Waals surface area contributed by atoms with Crippen LogP contribution in [-0.4, -0.2) is 37.2 Å². The second-order valence-electron chi connectivity index (χ2n) is 9.53. The van der Waals surface area contributed by atoms with E-state index in [1.807, 2.05) is 56.3 Å². The normalized spacial score (nSPS) is 11.7. The van der Waals surface area contributed by atoms with Gasteiger partial charge in [-0.15, -0.1) is 11.8 Å². The van der Waals surface area contributed by atoms with E-state index >= 15 is 0 Å². The number of hydrogen-bond donors (Lipinski definition) is 3. The number of nitrogens with one attached hydrogen (secondary N) is 3. The van der Waals surface area contributed by atoms with Crippen LogP contribution in [0.2, 0.25) is 0 Å². The van der Waals surface area contributed by atoms with Crippen molar-refractivity contribution >= 4 is 46.9 Å². The fourth-order valence-electron chi connectivity index (χ4n) is 4.06. The maximum atomic E-state index is 13.4. The van der Waals surface area contributed by atoms with Crippen molar-refractivity contribution in [3.63, 3.8) is 0 Å². The van der Waals surface area contributed by atoms with Gasteiger partial charge in [0, 0.05) is 33.5 Å². The van der Waals surface area contributed by atoms with Crippen molar-refractivity contribution in [2.24, 2.45) is 0 Å². The number of para-hydroxylation sites is 1. The highest BCUT2D eigenvalue weighted by atomic mass is 32.2. The van der Waals surface area contributed by atoms with Gasteiger partial charge in [0.05, 0.1) is 19.5 Å². The molecule has 0 spiro atoms. The Hall–Kier alpha value is -5.02. The largest absolute Gasteiger partial charge is 0.497 e. The molecular formula is C34H33N3O5S. The highest BCUT2D eigenvalue weighted by Gasteiger charge is 2.18. The van der Waals surface area contributed by atoms with E-state index in [1.165, 1.54) is 18.9 Å². The highest BCUT2D eigenvalue weighted by molar-refractivity contribution is 8.00. The summed E-state index contributed by atoms with van der Waals surface area (Å²) in [6.45, 7) is 3.79. The minimum Gasteiger partial charge on any atom is -0.497 e. The van der Waals surface area contributed by atoms with Crippen LogP contribution in [0, 0.1) is 6.92 Å². The topological polar surface area (TPSA) is 106 Å². The van der Waals surface area contributed by atoms with Crippen LogP contribution in [-0.2, 0) is 9.59 Å². The Labute approximate surface area is 255 Å². The first-order valence-electron chi connectivity index (χ1n) is 13.5. The van der Waals surface area contributed by atoms with Gasteiger partial charge in [-0.1, -0.05) is 36.4 Å². The van der Waals surface area contributed by atoms with E-state index in [9.17, 15) is 14.4 Å². The van der Waals surface area contributed by atoms with Crippen molar-refractivity contribution in [1.82, 2.24) is 5.32 Å². The van der Waals surface area contributed by atoms with Crippen molar-refractivity contribution in [2.75, 3.05) is 24.9 Å². The summed E-state index contributed by atoms with van der Waals surface area (Å²) in [5, 5.41) is 8.20. The van der Waals surface area contributed by atoms with E-state index in [4.69, 9.17) is 9.47 Å². The minimum atomic E-state index is -0.520. The lowest BCUT2D eigenvalue weighted by Gasteiger charge is -2.15. The Balaban J connectivity index is 1.49.